The number of hydrogen-bond acceptors (Lipinski definition) is 5. The monoisotopic (exact) mass is 271 g/mol. The third-order valence-electron chi connectivity index (χ3n) is 1.64. The standard InChI is InChI=1S/C8H8F3NO4S/c1-15-7-4-2-3-6(12-7)5-16-17(13,14)8(9,10)11/h2-4H,5H2,1H3. The highest BCUT2D eigenvalue weighted by molar-refractivity contribution is 7.87. The summed E-state index contributed by atoms with van der Waals surface area (Å²) in [7, 11) is -4.28. The molecular formula is C8H8F3NO4S. The number of methoxy groups -OCH3 is 1. The van der Waals surface area contributed by atoms with E-state index in [2.05, 4.69) is 9.17 Å². The number of nitrogens with zero attached hydrogens (tertiary/aromatic N) is 1. The van der Waals surface area contributed by atoms with Gasteiger partial charge in [0.25, 0.3) is 0 Å². The quantitative estimate of drug-likeness (QED) is 0.612. The van der Waals surface area contributed by atoms with Gasteiger partial charge in [0.1, 0.15) is 6.61 Å². The molecule has 0 saturated carbocycles. The Balaban J connectivity index is 2.74. The summed E-state index contributed by atoms with van der Waals surface area (Å²) >= 11 is 0. The van der Waals surface area contributed by atoms with E-state index in [1.807, 2.05) is 0 Å². The maximum absolute atomic E-state index is 11.9. The molecule has 0 aliphatic rings. The minimum Gasteiger partial charge on any atom is -0.481 e. The van der Waals surface area contributed by atoms with Crippen LogP contribution in [0.1, 0.15) is 5.69 Å². The molecule has 0 aromatic carbocycles. The second kappa shape index (κ2) is 4.88. The molecule has 0 bridgehead atoms. The minimum absolute atomic E-state index is 0.0113. The second-order valence-electron chi connectivity index (χ2n) is 2.83. The van der Waals surface area contributed by atoms with Gasteiger partial charge >= 0.3 is 15.6 Å². The first-order chi connectivity index (χ1) is 7.76. The van der Waals surface area contributed by atoms with Gasteiger partial charge in [-0.25, -0.2) is 4.98 Å². The van der Waals surface area contributed by atoms with Crippen molar-refractivity contribution in [2.24, 2.45) is 0 Å². The zero-order valence-corrected chi connectivity index (χ0v) is 9.38. The fourth-order valence-electron chi connectivity index (χ4n) is 0.856. The first-order valence-corrected chi connectivity index (χ1v) is 5.63. The van der Waals surface area contributed by atoms with E-state index in [-0.39, 0.29) is 11.6 Å². The molecule has 1 aromatic rings. The van der Waals surface area contributed by atoms with E-state index >= 15 is 0 Å². The molecule has 0 amide bonds. The lowest BCUT2D eigenvalue weighted by molar-refractivity contribution is -0.0548. The van der Waals surface area contributed by atoms with Gasteiger partial charge in [-0.15, -0.1) is 0 Å². The first kappa shape index (κ1) is 13.7. The van der Waals surface area contributed by atoms with Crippen molar-refractivity contribution in [2.45, 2.75) is 12.1 Å². The molecule has 5 nitrogen and oxygen atoms in total. The number of halogens is 3. The first-order valence-electron chi connectivity index (χ1n) is 4.22. The van der Waals surface area contributed by atoms with E-state index in [1.54, 1.807) is 0 Å². The van der Waals surface area contributed by atoms with E-state index in [4.69, 9.17) is 4.74 Å². The molecular weight excluding hydrogens is 263 g/mol. The Bertz CT molecular complexity index is 486. The number of aromatic nitrogens is 1. The highest BCUT2D eigenvalue weighted by atomic mass is 32.2. The third kappa shape index (κ3) is 3.56. The van der Waals surface area contributed by atoms with Crippen LogP contribution in [0.3, 0.4) is 0 Å². The lowest BCUT2D eigenvalue weighted by Crippen LogP contribution is -2.25. The highest BCUT2D eigenvalue weighted by Gasteiger charge is 2.47. The molecule has 0 saturated heterocycles. The minimum atomic E-state index is -5.60. The molecule has 0 unspecified atom stereocenters. The van der Waals surface area contributed by atoms with Gasteiger partial charge in [0.2, 0.25) is 5.88 Å². The summed E-state index contributed by atoms with van der Waals surface area (Å²) < 4.78 is 65.4. The molecule has 0 aliphatic carbocycles. The number of hydrogen-bond donors (Lipinski definition) is 0. The fourth-order valence-corrected chi connectivity index (χ4v) is 1.27. The molecule has 17 heavy (non-hydrogen) atoms. The Kier molecular flexibility index (Phi) is 3.94. The Morgan fingerprint density at radius 2 is 2.00 bits per heavy atom. The van der Waals surface area contributed by atoms with E-state index in [0.717, 1.165) is 0 Å². The SMILES string of the molecule is COc1cccc(COS(=O)(=O)C(F)(F)F)n1. The Morgan fingerprint density at radius 3 is 2.53 bits per heavy atom. The smallest absolute Gasteiger partial charge is 0.481 e. The summed E-state index contributed by atoms with van der Waals surface area (Å²) in [6, 6.07) is 4.22. The van der Waals surface area contributed by atoms with Crippen LogP contribution in [0.5, 0.6) is 5.88 Å². The van der Waals surface area contributed by atoms with Crippen LogP contribution >= 0.6 is 0 Å². The zero-order chi connectivity index (χ0) is 13.1. The molecule has 1 aromatic heterocycles. The average molecular weight is 271 g/mol. The summed E-state index contributed by atoms with van der Waals surface area (Å²) in [6.07, 6.45) is 0. The van der Waals surface area contributed by atoms with Crippen molar-refractivity contribution in [1.29, 1.82) is 0 Å². The molecule has 96 valence electrons. The number of alkyl halides is 3. The molecule has 1 heterocycles. The van der Waals surface area contributed by atoms with Crippen LogP contribution in [-0.4, -0.2) is 26.0 Å². The van der Waals surface area contributed by atoms with Crippen molar-refractivity contribution in [1.82, 2.24) is 4.98 Å². The van der Waals surface area contributed by atoms with Crippen molar-refractivity contribution in [3.63, 3.8) is 0 Å². The molecule has 0 aliphatic heterocycles. The maximum Gasteiger partial charge on any atom is 0.523 e. The lowest BCUT2D eigenvalue weighted by Gasteiger charge is -2.08. The van der Waals surface area contributed by atoms with Crippen LogP contribution in [0.15, 0.2) is 18.2 Å². The predicted octanol–water partition coefficient (Wildman–Crippen LogP) is 1.46. The zero-order valence-electron chi connectivity index (χ0n) is 8.56. The van der Waals surface area contributed by atoms with Crippen LogP contribution in [-0.2, 0) is 20.9 Å². The van der Waals surface area contributed by atoms with Gasteiger partial charge in [0, 0.05) is 6.07 Å². The number of ether oxygens (including phenoxy) is 1. The van der Waals surface area contributed by atoms with Gasteiger partial charge in [-0.1, -0.05) is 6.07 Å². The van der Waals surface area contributed by atoms with Crippen molar-refractivity contribution in [3.8, 4) is 5.88 Å². The van der Waals surface area contributed by atoms with E-state index < -0.39 is 22.2 Å². The van der Waals surface area contributed by atoms with Gasteiger partial charge < -0.3 is 4.74 Å². The van der Waals surface area contributed by atoms with Crippen LogP contribution < -0.4 is 4.74 Å². The van der Waals surface area contributed by atoms with E-state index in [1.165, 1.54) is 25.3 Å². The molecule has 0 atom stereocenters. The average Bonchev–Trinajstić information content (AvgIpc) is 2.25. The van der Waals surface area contributed by atoms with Crippen LogP contribution in [0, 0.1) is 0 Å². The topological polar surface area (TPSA) is 65.5 Å². The van der Waals surface area contributed by atoms with Gasteiger partial charge in [0.15, 0.2) is 0 Å². The normalized spacial score (nSPS) is 12.5. The van der Waals surface area contributed by atoms with Gasteiger partial charge in [-0.05, 0) is 6.07 Å². The highest BCUT2D eigenvalue weighted by Crippen LogP contribution is 2.25. The number of pyridine rings is 1. The summed E-state index contributed by atoms with van der Waals surface area (Å²) in [5.41, 5.74) is -5.43. The Morgan fingerprint density at radius 1 is 1.35 bits per heavy atom. The number of rotatable bonds is 4. The van der Waals surface area contributed by atoms with Crippen molar-refractivity contribution < 1.29 is 30.5 Å². The second-order valence-corrected chi connectivity index (χ2v) is 4.44. The molecule has 0 radical (unpaired) electrons. The van der Waals surface area contributed by atoms with Gasteiger partial charge in [-0.2, -0.15) is 21.6 Å². The molecule has 9 heteroatoms. The van der Waals surface area contributed by atoms with Gasteiger partial charge in [-0.3, -0.25) is 4.18 Å². The Hall–Kier alpha value is -1.35. The molecule has 0 fully saturated rings. The van der Waals surface area contributed by atoms with E-state index in [0.29, 0.717) is 0 Å². The molecule has 0 spiro atoms. The lowest BCUT2D eigenvalue weighted by atomic mass is 10.4. The van der Waals surface area contributed by atoms with Crippen molar-refractivity contribution >= 4 is 10.1 Å². The third-order valence-corrected chi connectivity index (χ3v) is 2.63. The fraction of sp³-hybridized carbons (Fsp3) is 0.375. The van der Waals surface area contributed by atoms with Crippen LogP contribution in [0.2, 0.25) is 0 Å². The summed E-state index contributed by atoms with van der Waals surface area (Å²) in [5.74, 6) is 0.149. The summed E-state index contributed by atoms with van der Waals surface area (Å²) in [4.78, 5) is 3.70. The molecule has 0 N–H and O–H groups in total. The predicted molar refractivity (Wildman–Crippen MR) is 50.6 cm³/mol. The maximum atomic E-state index is 11.9. The summed E-state index contributed by atoms with van der Waals surface area (Å²) in [6.45, 7) is -0.807. The van der Waals surface area contributed by atoms with Crippen molar-refractivity contribution in [3.05, 3.63) is 23.9 Å². The molecule has 1 rings (SSSR count). The summed E-state index contributed by atoms with van der Waals surface area (Å²) in [5, 5.41) is 0. The van der Waals surface area contributed by atoms with Crippen molar-refractivity contribution in [2.75, 3.05) is 7.11 Å². The Labute approximate surface area is 95.3 Å². The van der Waals surface area contributed by atoms with Gasteiger partial charge in [0.05, 0.1) is 12.8 Å². The van der Waals surface area contributed by atoms with Crippen LogP contribution in [0.4, 0.5) is 13.2 Å². The van der Waals surface area contributed by atoms with Crippen LogP contribution in [0.25, 0.3) is 0 Å². The van der Waals surface area contributed by atoms with E-state index in [9.17, 15) is 21.6 Å². The largest absolute Gasteiger partial charge is 0.523 e.